The summed E-state index contributed by atoms with van der Waals surface area (Å²) >= 11 is 5.27. The molecule has 5 heteroatoms. The maximum absolute atomic E-state index is 4.45. The first-order chi connectivity index (χ1) is 9.19. The number of hydrogen-bond donors (Lipinski definition) is 1. The molecule has 1 unspecified atom stereocenters. The Kier molecular flexibility index (Phi) is 5.48. The average Bonchev–Trinajstić information content (AvgIpc) is 2.81. The Hall–Kier alpha value is -0.780. The summed E-state index contributed by atoms with van der Waals surface area (Å²) < 4.78 is 1.14. The van der Waals surface area contributed by atoms with E-state index in [9.17, 15) is 0 Å². The van der Waals surface area contributed by atoms with E-state index < -0.39 is 0 Å². The van der Waals surface area contributed by atoms with Crippen molar-refractivity contribution in [3.8, 4) is 0 Å². The first-order valence-corrected chi connectivity index (χ1v) is 8.11. The van der Waals surface area contributed by atoms with E-state index in [4.69, 9.17) is 0 Å². The molecule has 0 aliphatic carbocycles. The second-order valence-corrected chi connectivity index (χ2v) is 6.47. The fourth-order valence-corrected chi connectivity index (χ4v) is 3.32. The predicted octanol–water partition coefficient (Wildman–Crippen LogP) is 3.89. The van der Waals surface area contributed by atoms with Gasteiger partial charge in [-0.15, -0.1) is 11.3 Å². The van der Waals surface area contributed by atoms with Crippen LogP contribution in [0.4, 0.5) is 0 Å². The van der Waals surface area contributed by atoms with Crippen LogP contribution in [0.2, 0.25) is 0 Å². The first-order valence-electron chi connectivity index (χ1n) is 6.44. The highest BCUT2D eigenvalue weighted by Gasteiger charge is 2.15. The van der Waals surface area contributed by atoms with Gasteiger partial charge >= 0.3 is 0 Å². The summed E-state index contributed by atoms with van der Waals surface area (Å²) in [6, 6.07) is 2.35. The van der Waals surface area contributed by atoms with Crippen LogP contribution in [0.1, 0.15) is 35.7 Å². The van der Waals surface area contributed by atoms with Crippen molar-refractivity contribution < 1.29 is 0 Å². The number of rotatable bonds is 6. The second-order valence-electron chi connectivity index (χ2n) is 4.56. The second kappa shape index (κ2) is 7.12. The topological polar surface area (TPSA) is 37.8 Å². The first kappa shape index (κ1) is 14.6. The molecule has 0 aromatic carbocycles. The Morgan fingerprint density at radius 3 is 2.68 bits per heavy atom. The van der Waals surface area contributed by atoms with Gasteiger partial charge in [0.2, 0.25) is 0 Å². The molecule has 1 N–H and O–H groups in total. The maximum Gasteiger partial charge on any atom is 0.145 e. The van der Waals surface area contributed by atoms with Crippen molar-refractivity contribution in [3.05, 3.63) is 44.6 Å². The van der Waals surface area contributed by atoms with Crippen LogP contribution >= 0.6 is 27.3 Å². The van der Waals surface area contributed by atoms with Crippen molar-refractivity contribution >= 4 is 27.3 Å². The molecule has 0 spiro atoms. The Labute approximate surface area is 126 Å². The molecule has 2 heterocycles. The van der Waals surface area contributed by atoms with E-state index >= 15 is 0 Å². The molecule has 0 saturated heterocycles. The van der Waals surface area contributed by atoms with Crippen molar-refractivity contribution in [1.82, 2.24) is 15.3 Å². The average molecular weight is 340 g/mol. The molecule has 0 amide bonds. The van der Waals surface area contributed by atoms with Gasteiger partial charge in [-0.3, -0.25) is 0 Å². The third-order valence-electron chi connectivity index (χ3n) is 2.78. The summed E-state index contributed by atoms with van der Waals surface area (Å²) in [4.78, 5) is 10.2. The van der Waals surface area contributed by atoms with Crippen LogP contribution in [-0.2, 0) is 6.42 Å². The number of halogens is 1. The summed E-state index contributed by atoms with van der Waals surface area (Å²) in [5.41, 5.74) is 1.09. The molecule has 0 bridgehead atoms. The van der Waals surface area contributed by atoms with E-state index in [1.807, 2.05) is 19.3 Å². The number of hydrogen-bond acceptors (Lipinski definition) is 4. The van der Waals surface area contributed by atoms with Crippen molar-refractivity contribution in [3.63, 3.8) is 0 Å². The summed E-state index contributed by atoms with van der Waals surface area (Å²) in [5, 5.41) is 5.64. The number of thiophene rings is 1. The van der Waals surface area contributed by atoms with Gasteiger partial charge in [-0.25, -0.2) is 9.97 Å². The zero-order valence-corrected chi connectivity index (χ0v) is 13.6. The van der Waals surface area contributed by atoms with Crippen LogP contribution in [0, 0.1) is 6.92 Å². The summed E-state index contributed by atoms with van der Waals surface area (Å²) in [7, 11) is 0. The fourth-order valence-electron chi connectivity index (χ4n) is 1.82. The monoisotopic (exact) mass is 339 g/mol. The minimum atomic E-state index is 0.186. The van der Waals surface area contributed by atoms with Crippen LogP contribution in [0.15, 0.2) is 28.3 Å². The molecule has 0 aliphatic rings. The Morgan fingerprint density at radius 2 is 2.11 bits per heavy atom. The third-order valence-corrected chi connectivity index (χ3v) is 4.50. The lowest BCUT2D eigenvalue weighted by Crippen LogP contribution is -2.25. The molecule has 0 saturated carbocycles. The molecule has 2 aromatic rings. The largest absolute Gasteiger partial charge is 0.307 e. The standard InChI is InChI=1S/C14H18BrN3S/c1-3-4-16-13(6-12-5-11(15)9-19-12)14-17-7-10(2)8-18-14/h5,7-9,13,16H,3-4,6H2,1-2H3. The van der Waals surface area contributed by atoms with Crippen molar-refractivity contribution in [1.29, 1.82) is 0 Å². The number of aryl methyl sites for hydroxylation is 1. The van der Waals surface area contributed by atoms with E-state index in [2.05, 4.69) is 49.6 Å². The lowest BCUT2D eigenvalue weighted by atomic mass is 10.1. The van der Waals surface area contributed by atoms with Gasteiger partial charge in [0.25, 0.3) is 0 Å². The molecule has 102 valence electrons. The third kappa shape index (κ3) is 4.37. The van der Waals surface area contributed by atoms with E-state index in [1.165, 1.54) is 4.88 Å². The zero-order chi connectivity index (χ0) is 13.7. The molecule has 3 nitrogen and oxygen atoms in total. The van der Waals surface area contributed by atoms with Gasteiger partial charge in [-0.1, -0.05) is 6.92 Å². The Morgan fingerprint density at radius 1 is 1.37 bits per heavy atom. The van der Waals surface area contributed by atoms with E-state index in [0.29, 0.717) is 0 Å². The van der Waals surface area contributed by atoms with Gasteiger partial charge < -0.3 is 5.32 Å². The maximum atomic E-state index is 4.45. The molecule has 0 radical (unpaired) electrons. The lowest BCUT2D eigenvalue weighted by Gasteiger charge is -2.16. The van der Waals surface area contributed by atoms with E-state index in [0.717, 1.165) is 35.2 Å². The molecule has 0 aliphatic heterocycles. The van der Waals surface area contributed by atoms with Gasteiger partial charge in [0.1, 0.15) is 5.82 Å². The van der Waals surface area contributed by atoms with Crippen LogP contribution in [0.25, 0.3) is 0 Å². The molecule has 2 rings (SSSR count). The molecule has 0 fully saturated rings. The highest BCUT2D eigenvalue weighted by Crippen LogP contribution is 2.24. The van der Waals surface area contributed by atoms with Crippen molar-refractivity contribution in [2.24, 2.45) is 0 Å². The summed E-state index contributed by atoms with van der Waals surface area (Å²) in [6.45, 7) is 5.16. The smallest absolute Gasteiger partial charge is 0.145 e. The van der Waals surface area contributed by atoms with Crippen LogP contribution in [0.3, 0.4) is 0 Å². The van der Waals surface area contributed by atoms with Crippen molar-refractivity contribution in [2.45, 2.75) is 32.7 Å². The number of aromatic nitrogens is 2. The van der Waals surface area contributed by atoms with Gasteiger partial charge in [0, 0.05) is 33.5 Å². The molecule has 19 heavy (non-hydrogen) atoms. The Bertz CT molecular complexity index is 510. The lowest BCUT2D eigenvalue weighted by molar-refractivity contribution is 0.507. The highest BCUT2D eigenvalue weighted by atomic mass is 79.9. The number of nitrogens with one attached hydrogen (secondary N) is 1. The SMILES string of the molecule is CCCNC(Cc1cc(Br)cs1)c1ncc(C)cn1. The highest BCUT2D eigenvalue weighted by molar-refractivity contribution is 9.10. The van der Waals surface area contributed by atoms with Crippen molar-refractivity contribution in [2.75, 3.05) is 6.54 Å². The fraction of sp³-hybridized carbons (Fsp3) is 0.429. The van der Waals surface area contributed by atoms with Gasteiger partial charge in [0.05, 0.1) is 6.04 Å². The van der Waals surface area contributed by atoms with Gasteiger partial charge in [0.15, 0.2) is 0 Å². The number of nitrogens with zero attached hydrogens (tertiary/aromatic N) is 2. The van der Waals surface area contributed by atoms with Crippen LogP contribution < -0.4 is 5.32 Å². The molecular formula is C14H18BrN3S. The molecular weight excluding hydrogens is 322 g/mol. The minimum absolute atomic E-state index is 0.186. The zero-order valence-electron chi connectivity index (χ0n) is 11.2. The quantitative estimate of drug-likeness (QED) is 0.867. The summed E-state index contributed by atoms with van der Waals surface area (Å²) in [6.07, 6.45) is 5.80. The Balaban J connectivity index is 2.13. The van der Waals surface area contributed by atoms with Crippen LogP contribution in [0.5, 0.6) is 0 Å². The minimum Gasteiger partial charge on any atom is -0.307 e. The normalized spacial score (nSPS) is 12.6. The van der Waals surface area contributed by atoms with Gasteiger partial charge in [-0.2, -0.15) is 0 Å². The van der Waals surface area contributed by atoms with E-state index in [-0.39, 0.29) is 6.04 Å². The molecule has 1 atom stereocenters. The van der Waals surface area contributed by atoms with Gasteiger partial charge in [-0.05, 0) is 47.4 Å². The summed E-state index contributed by atoms with van der Waals surface area (Å²) in [5.74, 6) is 0.878. The van der Waals surface area contributed by atoms with Crippen LogP contribution in [-0.4, -0.2) is 16.5 Å². The van der Waals surface area contributed by atoms with E-state index in [1.54, 1.807) is 11.3 Å². The predicted molar refractivity (Wildman–Crippen MR) is 83.5 cm³/mol. The molecule has 2 aromatic heterocycles.